The number of aromatic nitrogens is 1. The maximum absolute atomic E-state index is 13.6. The Balaban J connectivity index is 1.47. The molecule has 5 heteroatoms. The van der Waals surface area contributed by atoms with Crippen LogP contribution in [0.4, 0.5) is 4.39 Å². The zero-order valence-corrected chi connectivity index (χ0v) is 16.5. The SMILES string of the molecule is CN1CCC(C(=O)N2CCC[C@H](c3cccc(-c4cccc(F)c4)n3)C2)CC1. The van der Waals surface area contributed by atoms with Crippen molar-refractivity contribution in [1.82, 2.24) is 14.8 Å². The monoisotopic (exact) mass is 381 g/mol. The second kappa shape index (κ2) is 8.39. The Morgan fingerprint density at radius 2 is 1.86 bits per heavy atom. The van der Waals surface area contributed by atoms with Crippen molar-refractivity contribution in [2.45, 2.75) is 31.6 Å². The Kier molecular flexibility index (Phi) is 5.72. The van der Waals surface area contributed by atoms with Crippen molar-refractivity contribution in [3.63, 3.8) is 0 Å². The van der Waals surface area contributed by atoms with Crippen LogP contribution >= 0.6 is 0 Å². The molecule has 2 saturated heterocycles. The van der Waals surface area contributed by atoms with Gasteiger partial charge in [0.05, 0.1) is 5.69 Å². The lowest BCUT2D eigenvalue weighted by molar-refractivity contribution is -0.138. The van der Waals surface area contributed by atoms with Crippen molar-refractivity contribution in [2.75, 3.05) is 33.2 Å². The molecule has 0 saturated carbocycles. The molecule has 4 rings (SSSR count). The largest absolute Gasteiger partial charge is 0.342 e. The van der Waals surface area contributed by atoms with E-state index < -0.39 is 0 Å². The minimum Gasteiger partial charge on any atom is -0.342 e. The number of hydrogen-bond acceptors (Lipinski definition) is 3. The fourth-order valence-electron chi connectivity index (χ4n) is 4.42. The van der Waals surface area contributed by atoms with Crippen LogP contribution in [-0.4, -0.2) is 53.9 Å². The Bertz CT molecular complexity index is 832. The van der Waals surface area contributed by atoms with E-state index in [9.17, 15) is 9.18 Å². The Morgan fingerprint density at radius 1 is 1.07 bits per heavy atom. The summed E-state index contributed by atoms with van der Waals surface area (Å²) in [6.45, 7) is 3.60. The van der Waals surface area contributed by atoms with Crippen molar-refractivity contribution in [3.8, 4) is 11.3 Å². The van der Waals surface area contributed by atoms with Gasteiger partial charge in [-0.25, -0.2) is 4.39 Å². The Labute approximate surface area is 166 Å². The molecule has 1 atom stereocenters. The maximum Gasteiger partial charge on any atom is 0.225 e. The first-order chi connectivity index (χ1) is 13.6. The van der Waals surface area contributed by atoms with Gasteiger partial charge in [0.2, 0.25) is 5.91 Å². The molecule has 0 bridgehead atoms. The van der Waals surface area contributed by atoms with E-state index in [4.69, 9.17) is 4.98 Å². The summed E-state index contributed by atoms with van der Waals surface area (Å²) in [5.74, 6) is 0.482. The van der Waals surface area contributed by atoms with E-state index >= 15 is 0 Å². The van der Waals surface area contributed by atoms with Gasteiger partial charge in [0.25, 0.3) is 0 Å². The van der Waals surface area contributed by atoms with Gasteiger partial charge in [0.1, 0.15) is 5.82 Å². The molecule has 148 valence electrons. The van der Waals surface area contributed by atoms with Crippen LogP contribution in [0.2, 0.25) is 0 Å². The van der Waals surface area contributed by atoms with E-state index in [1.54, 1.807) is 6.07 Å². The zero-order chi connectivity index (χ0) is 19.5. The quantitative estimate of drug-likeness (QED) is 0.808. The topological polar surface area (TPSA) is 36.4 Å². The summed E-state index contributed by atoms with van der Waals surface area (Å²) in [6, 6.07) is 12.5. The smallest absolute Gasteiger partial charge is 0.225 e. The minimum atomic E-state index is -0.253. The molecule has 0 N–H and O–H groups in total. The highest BCUT2D eigenvalue weighted by atomic mass is 19.1. The Hall–Kier alpha value is -2.27. The number of pyridine rings is 1. The van der Waals surface area contributed by atoms with Gasteiger partial charge >= 0.3 is 0 Å². The number of amides is 1. The standard InChI is InChI=1S/C23H28FN3O/c1-26-13-10-17(11-14-26)23(28)27-12-4-6-19(16-27)22-9-3-8-21(25-22)18-5-2-7-20(24)15-18/h2-3,5,7-9,15,17,19H,4,6,10-14,16H2,1H3/t19-/m0/s1. The lowest BCUT2D eigenvalue weighted by atomic mass is 9.90. The van der Waals surface area contributed by atoms with Crippen molar-refractivity contribution in [3.05, 3.63) is 54.0 Å². The molecule has 2 aliphatic rings. The van der Waals surface area contributed by atoms with Gasteiger partial charge in [-0.15, -0.1) is 0 Å². The summed E-state index contributed by atoms with van der Waals surface area (Å²) in [5, 5.41) is 0. The van der Waals surface area contributed by atoms with Crippen LogP contribution < -0.4 is 0 Å². The summed E-state index contributed by atoms with van der Waals surface area (Å²) in [5.41, 5.74) is 2.58. The summed E-state index contributed by atoms with van der Waals surface area (Å²) >= 11 is 0. The van der Waals surface area contributed by atoms with Gasteiger partial charge in [0.15, 0.2) is 0 Å². The first-order valence-electron chi connectivity index (χ1n) is 10.3. The van der Waals surface area contributed by atoms with Crippen LogP contribution in [0.5, 0.6) is 0 Å². The van der Waals surface area contributed by atoms with Crippen LogP contribution in [0.25, 0.3) is 11.3 Å². The van der Waals surface area contributed by atoms with Gasteiger partial charge in [-0.2, -0.15) is 0 Å². The first kappa shape index (κ1) is 19.1. The summed E-state index contributed by atoms with van der Waals surface area (Å²) in [4.78, 5) is 22.2. The molecular weight excluding hydrogens is 353 g/mol. The number of halogens is 1. The van der Waals surface area contributed by atoms with Crippen LogP contribution in [0.1, 0.15) is 37.3 Å². The molecule has 1 aromatic heterocycles. The van der Waals surface area contributed by atoms with E-state index in [0.717, 1.165) is 68.8 Å². The number of carbonyl (C=O) groups excluding carboxylic acids is 1. The number of hydrogen-bond donors (Lipinski definition) is 0. The average molecular weight is 381 g/mol. The lowest BCUT2D eigenvalue weighted by Crippen LogP contribution is -2.45. The normalized spacial score (nSPS) is 21.6. The van der Waals surface area contributed by atoms with Gasteiger partial charge in [0, 0.05) is 36.2 Å². The van der Waals surface area contributed by atoms with Gasteiger partial charge < -0.3 is 9.80 Å². The molecule has 1 amide bonds. The highest BCUT2D eigenvalue weighted by Crippen LogP contribution is 2.30. The van der Waals surface area contributed by atoms with Crippen molar-refractivity contribution in [1.29, 1.82) is 0 Å². The summed E-state index contributed by atoms with van der Waals surface area (Å²) < 4.78 is 13.6. The predicted octanol–water partition coefficient (Wildman–Crippen LogP) is 3.94. The number of benzene rings is 1. The molecule has 2 fully saturated rings. The molecule has 1 aromatic carbocycles. The number of likely N-dealkylation sites (tertiary alicyclic amines) is 2. The zero-order valence-electron chi connectivity index (χ0n) is 16.5. The van der Waals surface area contributed by atoms with E-state index in [-0.39, 0.29) is 17.7 Å². The Morgan fingerprint density at radius 3 is 2.64 bits per heavy atom. The summed E-state index contributed by atoms with van der Waals surface area (Å²) in [6.07, 6.45) is 3.97. The van der Waals surface area contributed by atoms with Crippen LogP contribution in [0, 0.1) is 11.7 Å². The highest BCUT2D eigenvalue weighted by molar-refractivity contribution is 5.79. The minimum absolute atomic E-state index is 0.168. The molecule has 2 aromatic rings. The van der Waals surface area contributed by atoms with E-state index in [1.807, 2.05) is 24.3 Å². The van der Waals surface area contributed by atoms with Crippen molar-refractivity contribution < 1.29 is 9.18 Å². The molecular formula is C23H28FN3O. The van der Waals surface area contributed by atoms with Crippen molar-refractivity contribution >= 4 is 5.91 Å². The third kappa shape index (κ3) is 4.25. The molecule has 0 unspecified atom stereocenters. The fraction of sp³-hybridized carbons (Fsp3) is 0.478. The molecule has 0 spiro atoms. The third-order valence-electron chi connectivity index (χ3n) is 6.11. The van der Waals surface area contributed by atoms with Gasteiger partial charge in [-0.3, -0.25) is 9.78 Å². The fourth-order valence-corrected chi connectivity index (χ4v) is 4.42. The number of nitrogens with zero attached hydrogens (tertiary/aromatic N) is 3. The molecule has 0 aliphatic carbocycles. The lowest BCUT2D eigenvalue weighted by Gasteiger charge is -2.37. The number of rotatable bonds is 3. The number of piperidine rings is 2. The van der Waals surface area contributed by atoms with Crippen LogP contribution in [-0.2, 0) is 4.79 Å². The number of carbonyl (C=O) groups is 1. The maximum atomic E-state index is 13.6. The van der Waals surface area contributed by atoms with Gasteiger partial charge in [-0.05, 0) is 70.1 Å². The van der Waals surface area contributed by atoms with E-state index in [0.29, 0.717) is 5.91 Å². The molecule has 2 aliphatic heterocycles. The van der Waals surface area contributed by atoms with Gasteiger partial charge in [-0.1, -0.05) is 18.2 Å². The van der Waals surface area contributed by atoms with E-state index in [2.05, 4.69) is 16.8 Å². The molecule has 28 heavy (non-hydrogen) atoms. The molecule has 0 radical (unpaired) electrons. The highest BCUT2D eigenvalue weighted by Gasteiger charge is 2.31. The molecule has 4 nitrogen and oxygen atoms in total. The molecule has 3 heterocycles. The third-order valence-corrected chi connectivity index (χ3v) is 6.11. The summed E-state index contributed by atoms with van der Waals surface area (Å²) in [7, 11) is 2.12. The first-order valence-corrected chi connectivity index (χ1v) is 10.3. The van der Waals surface area contributed by atoms with Crippen LogP contribution in [0.3, 0.4) is 0 Å². The second-order valence-corrected chi connectivity index (χ2v) is 8.16. The predicted molar refractivity (Wildman–Crippen MR) is 108 cm³/mol. The van der Waals surface area contributed by atoms with E-state index in [1.165, 1.54) is 12.1 Å². The van der Waals surface area contributed by atoms with Crippen molar-refractivity contribution in [2.24, 2.45) is 5.92 Å². The second-order valence-electron chi connectivity index (χ2n) is 8.16. The van der Waals surface area contributed by atoms with Crippen LogP contribution in [0.15, 0.2) is 42.5 Å². The average Bonchev–Trinajstić information content (AvgIpc) is 2.74.